The van der Waals surface area contributed by atoms with Gasteiger partial charge in [-0.2, -0.15) is 6.07 Å². The molecule has 11 rings (SSSR count). The van der Waals surface area contributed by atoms with Gasteiger partial charge in [-0.15, -0.1) is 29.1 Å². The Morgan fingerprint density at radius 1 is 0.625 bits per heavy atom. The van der Waals surface area contributed by atoms with Gasteiger partial charge in [-0.05, 0) is 91.2 Å². The molecule has 0 saturated carbocycles. The molecule has 2 aromatic heterocycles. The van der Waals surface area contributed by atoms with Crippen molar-refractivity contribution >= 4 is 50.6 Å². The molecule has 0 bridgehead atoms. The number of para-hydroxylation sites is 2. The summed E-state index contributed by atoms with van der Waals surface area (Å²) >= 11 is 0. The monoisotopic (exact) mass is 1130 g/mol. The van der Waals surface area contributed by atoms with Crippen LogP contribution in [0.2, 0.25) is 0 Å². The van der Waals surface area contributed by atoms with Crippen molar-refractivity contribution in [3.05, 3.63) is 217 Å². The maximum atomic E-state index is 9.66. The van der Waals surface area contributed by atoms with Crippen LogP contribution < -0.4 is 13.9 Å². The van der Waals surface area contributed by atoms with Gasteiger partial charge in [0.05, 0.1) is 23.5 Å². The summed E-state index contributed by atoms with van der Waals surface area (Å²) in [4.78, 5) is 4.92. The van der Waals surface area contributed by atoms with Gasteiger partial charge in [0.2, 0.25) is 5.69 Å². The first-order valence-electron chi connectivity index (χ1n) is 29.3. The molecule has 356 valence electrons. The van der Waals surface area contributed by atoms with Crippen molar-refractivity contribution in [1.29, 1.82) is 0 Å². The fourth-order valence-corrected chi connectivity index (χ4v) is 9.22. The van der Waals surface area contributed by atoms with E-state index in [4.69, 9.17) is 16.6 Å². The van der Waals surface area contributed by atoms with Gasteiger partial charge in [0.25, 0.3) is 5.69 Å². The summed E-state index contributed by atoms with van der Waals surface area (Å²) in [6.07, 6.45) is -0.172. The molecule has 1 aliphatic rings. The second-order valence-electron chi connectivity index (χ2n) is 20.1. The summed E-state index contributed by atoms with van der Waals surface area (Å²) < 4.78 is 112. The number of benzene rings is 8. The summed E-state index contributed by atoms with van der Waals surface area (Å²) in [6, 6.07) is 46.2. The van der Waals surface area contributed by atoms with Crippen LogP contribution in [-0.2, 0) is 38.3 Å². The van der Waals surface area contributed by atoms with E-state index in [1.807, 2.05) is 60.8 Å². The number of ether oxygens (including phenoxy) is 1. The van der Waals surface area contributed by atoms with Gasteiger partial charge < -0.3 is 9.30 Å². The fraction of sp³-hybridized carbons (Fsp3) is 0.182. The van der Waals surface area contributed by atoms with Crippen LogP contribution in [0.5, 0.6) is 11.5 Å². The van der Waals surface area contributed by atoms with Crippen LogP contribution in [0, 0.1) is 18.1 Å². The molecule has 0 N–H and O–H groups in total. The molecule has 8 aromatic carbocycles. The van der Waals surface area contributed by atoms with Crippen LogP contribution in [-0.4, -0.2) is 15.6 Å². The SMILES string of the molecule is [2H]c1cc([2H])c(-c2cccc(-c3c([2H])c([2H])c([2H])c([2H])c3[2H])c2[N+]2=C=[N+](c3[c-]c(Oc4[c-]c5c(cc4)c4cc(-c6ccccc6)ccc4n5-c4cc(C(C)(C)C)ccn4)cc(C(C)(C)C)c3)c3cccc(C([2H])([2H])C(C)C)c32)c([2H])c1[2H].[Pt+2]. The number of fused-ring (bicyclic) bond motifs is 4. The third-order valence-electron chi connectivity index (χ3n) is 12.7. The zero-order valence-corrected chi connectivity index (χ0v) is 43.6. The minimum atomic E-state index is -2.01. The quantitative estimate of drug-likeness (QED) is 0.101. The van der Waals surface area contributed by atoms with Gasteiger partial charge >= 0.3 is 32.8 Å². The summed E-state index contributed by atoms with van der Waals surface area (Å²) in [7, 11) is 0. The van der Waals surface area contributed by atoms with Crippen LogP contribution in [0.25, 0.3) is 61.0 Å². The van der Waals surface area contributed by atoms with Crippen molar-refractivity contribution < 1.29 is 40.9 Å². The smallest absolute Gasteiger partial charge is 0.509 e. The van der Waals surface area contributed by atoms with Crippen molar-refractivity contribution in [3.63, 3.8) is 0 Å². The zero-order valence-electron chi connectivity index (χ0n) is 52.3. The minimum Gasteiger partial charge on any atom is -0.509 e. The molecule has 0 spiro atoms. The first-order chi connectivity index (χ1) is 38.8. The van der Waals surface area contributed by atoms with Crippen molar-refractivity contribution in [2.24, 2.45) is 5.92 Å². The van der Waals surface area contributed by atoms with Crippen LogP contribution in [0.1, 0.15) is 87.2 Å². The zero-order chi connectivity index (χ0) is 58.6. The van der Waals surface area contributed by atoms with E-state index < -0.39 is 60.0 Å². The number of pyridine rings is 1. The molecule has 0 radical (unpaired) electrons. The first kappa shape index (κ1) is 36.5. The molecule has 0 fully saturated rings. The molecule has 72 heavy (non-hydrogen) atoms. The predicted molar refractivity (Wildman–Crippen MR) is 296 cm³/mol. The Bertz CT molecular complexity index is 4350. The molecule has 3 heterocycles. The van der Waals surface area contributed by atoms with E-state index >= 15 is 0 Å². The number of hydrogen-bond acceptors (Lipinski definition) is 2. The Morgan fingerprint density at radius 3 is 2.08 bits per heavy atom. The molecule has 5 nitrogen and oxygen atoms in total. The van der Waals surface area contributed by atoms with Gasteiger partial charge in [0.15, 0.2) is 0 Å². The van der Waals surface area contributed by atoms with Crippen molar-refractivity contribution in [2.75, 3.05) is 0 Å². The predicted octanol–water partition coefficient (Wildman–Crippen LogP) is 17.2. The number of nitrogens with zero attached hydrogens (tertiary/aromatic N) is 4. The van der Waals surface area contributed by atoms with E-state index in [1.165, 1.54) is 6.07 Å². The Hall–Kier alpha value is -7.42. The Balaban J connectivity index is 0.00000769. The van der Waals surface area contributed by atoms with Crippen LogP contribution >= 0.6 is 0 Å². The van der Waals surface area contributed by atoms with Crippen LogP contribution in [0.3, 0.4) is 0 Å². The number of rotatable bonds is 10. The molecule has 0 amide bonds. The molecule has 0 atom stereocenters. The van der Waals surface area contributed by atoms with Crippen molar-refractivity contribution in [3.8, 4) is 50.7 Å². The molecule has 6 heteroatoms. The first-order valence-corrected chi connectivity index (χ1v) is 23.8. The van der Waals surface area contributed by atoms with Gasteiger partial charge in [-0.25, -0.2) is 4.98 Å². The molecular formula is C66H58N4OPt+2. The maximum Gasteiger partial charge on any atom is 2.00 e. The summed E-state index contributed by atoms with van der Waals surface area (Å²) in [5, 5.41) is 1.96. The van der Waals surface area contributed by atoms with Crippen molar-refractivity contribution in [1.82, 2.24) is 18.7 Å². The topological polar surface area (TPSA) is 33.1 Å². The maximum absolute atomic E-state index is 9.66. The Morgan fingerprint density at radius 2 is 1.35 bits per heavy atom. The van der Waals surface area contributed by atoms with E-state index in [9.17, 15) is 8.22 Å². The summed E-state index contributed by atoms with van der Waals surface area (Å²) in [5.41, 5.74) is 6.63. The average Bonchev–Trinajstić information content (AvgIpc) is 4.15. The molecule has 10 aromatic rings. The average molecular weight is 1130 g/mol. The van der Waals surface area contributed by atoms with E-state index in [-0.39, 0.29) is 77.8 Å². The second kappa shape index (κ2) is 19.3. The third-order valence-corrected chi connectivity index (χ3v) is 12.7. The van der Waals surface area contributed by atoms with Crippen molar-refractivity contribution in [2.45, 2.75) is 72.6 Å². The van der Waals surface area contributed by atoms with Gasteiger partial charge in [0, 0.05) is 37.6 Å². The second-order valence-corrected chi connectivity index (χ2v) is 20.1. The number of hydrogen-bond donors (Lipinski definition) is 0. The summed E-state index contributed by atoms with van der Waals surface area (Å²) in [6.45, 7) is 16.3. The largest absolute Gasteiger partial charge is 2.00 e. The third kappa shape index (κ3) is 9.20. The fourth-order valence-electron chi connectivity index (χ4n) is 9.22. The van der Waals surface area contributed by atoms with Crippen LogP contribution in [0.15, 0.2) is 188 Å². The Kier molecular flexibility index (Phi) is 9.78. The normalized spacial score (nSPS) is 14.8. The Labute approximate surface area is 454 Å². The minimum absolute atomic E-state index is 0. The molecule has 0 aliphatic carbocycles. The summed E-state index contributed by atoms with van der Waals surface area (Å²) in [5.74, 6) is 0.870. The van der Waals surface area contributed by atoms with E-state index in [0.29, 0.717) is 22.9 Å². The molecule has 0 saturated heterocycles. The van der Waals surface area contributed by atoms with E-state index in [0.717, 1.165) is 49.9 Å². The number of aromatic nitrogens is 2. The van der Waals surface area contributed by atoms with E-state index in [1.54, 1.807) is 53.3 Å². The van der Waals surface area contributed by atoms with Crippen LogP contribution in [0.4, 0.5) is 22.7 Å². The molecular weight excluding hydrogens is 1060 g/mol. The molecule has 1 aliphatic heterocycles. The van der Waals surface area contributed by atoms with Gasteiger partial charge in [0.1, 0.15) is 11.5 Å². The molecule has 0 unspecified atom stereocenters. The van der Waals surface area contributed by atoms with Gasteiger partial charge in [-0.3, -0.25) is 0 Å². The standard InChI is InChI=1S/C66H58N4O.Pt/c1-44(2)36-49-26-18-29-60-63(49)69(64-55(46-22-14-10-15-23-46)27-19-28-56(64)47-24-16-11-17-25-47)43-68(60)52-38-51(66(6,7)8)39-54(41-52)71-53-31-32-57-58-37-48(45-20-12-9-13-21-45)30-33-59(58)70(61(57)42-53)62-40-50(34-35-67-62)65(3,4)5;/h9-35,37-40,44H,36H2,1-8H3;/q;+2/i10D,11D,14D,15D,16D,22D,23D,24D,25D,36D2;. The van der Waals surface area contributed by atoms with Gasteiger partial charge in [-0.1, -0.05) is 199 Å². The van der Waals surface area contributed by atoms with E-state index in [2.05, 4.69) is 101 Å².